The molecule has 1 aromatic carbocycles. The second-order valence-electron chi connectivity index (χ2n) is 4.11. The summed E-state index contributed by atoms with van der Waals surface area (Å²) in [6, 6.07) is 11.2. The maximum Gasteiger partial charge on any atom is 0.229 e. The molecule has 0 unspecified atom stereocenters. The van der Waals surface area contributed by atoms with Gasteiger partial charge in [0.05, 0.1) is 12.1 Å². The minimum Gasteiger partial charge on any atom is -0.326 e. The second kappa shape index (κ2) is 5.62. The first-order chi connectivity index (χ1) is 9.81. The van der Waals surface area contributed by atoms with E-state index in [-0.39, 0.29) is 5.91 Å². The Bertz CT molecular complexity index is 676. The van der Waals surface area contributed by atoms with Crippen LogP contribution in [0.2, 0.25) is 0 Å². The van der Waals surface area contributed by atoms with Gasteiger partial charge in [-0.05, 0) is 46.1 Å². The highest BCUT2D eigenvalue weighted by atomic mass is 32.1. The summed E-state index contributed by atoms with van der Waals surface area (Å²) >= 11 is 1.58. The summed E-state index contributed by atoms with van der Waals surface area (Å²) in [7, 11) is 0. The van der Waals surface area contributed by atoms with Crippen molar-refractivity contribution < 1.29 is 4.79 Å². The van der Waals surface area contributed by atoms with Crippen molar-refractivity contribution in [3.05, 3.63) is 53.0 Å². The predicted octanol–water partition coefficient (Wildman–Crippen LogP) is 1.90. The molecule has 7 heteroatoms. The molecule has 0 fully saturated rings. The molecule has 0 radical (unpaired) electrons. The number of nitrogens with zero attached hydrogens (tertiary/aromatic N) is 4. The summed E-state index contributed by atoms with van der Waals surface area (Å²) in [6.07, 6.45) is 1.91. The largest absolute Gasteiger partial charge is 0.326 e. The van der Waals surface area contributed by atoms with E-state index in [0.29, 0.717) is 6.42 Å². The third-order valence-electron chi connectivity index (χ3n) is 2.68. The van der Waals surface area contributed by atoms with Gasteiger partial charge in [0.25, 0.3) is 0 Å². The maximum atomic E-state index is 11.9. The van der Waals surface area contributed by atoms with Gasteiger partial charge in [-0.3, -0.25) is 4.79 Å². The molecule has 100 valence electrons. The second-order valence-corrected chi connectivity index (χ2v) is 5.14. The topological polar surface area (TPSA) is 72.7 Å². The molecule has 3 aromatic rings. The van der Waals surface area contributed by atoms with Gasteiger partial charge in [-0.25, -0.2) is 4.68 Å². The van der Waals surface area contributed by atoms with Crippen molar-refractivity contribution in [1.82, 2.24) is 20.2 Å². The van der Waals surface area contributed by atoms with Crippen molar-refractivity contribution in [2.45, 2.75) is 6.42 Å². The Balaban J connectivity index is 1.65. The number of aromatic nitrogens is 4. The predicted molar refractivity (Wildman–Crippen MR) is 75.8 cm³/mol. The minimum atomic E-state index is -0.0253. The molecule has 0 aliphatic rings. The van der Waals surface area contributed by atoms with E-state index in [4.69, 9.17) is 0 Å². The van der Waals surface area contributed by atoms with Gasteiger partial charge in [-0.2, -0.15) is 0 Å². The molecule has 3 rings (SSSR count). The molecule has 0 spiro atoms. The normalized spacial score (nSPS) is 10.4. The highest BCUT2D eigenvalue weighted by Crippen LogP contribution is 2.14. The van der Waals surface area contributed by atoms with Gasteiger partial charge in [0, 0.05) is 10.6 Å². The van der Waals surface area contributed by atoms with Gasteiger partial charge in [-0.1, -0.05) is 6.07 Å². The average molecular weight is 285 g/mol. The average Bonchev–Trinajstić information content (AvgIpc) is 3.12. The van der Waals surface area contributed by atoms with Crippen LogP contribution >= 0.6 is 11.3 Å². The van der Waals surface area contributed by atoms with Crippen LogP contribution in [0, 0.1) is 0 Å². The van der Waals surface area contributed by atoms with Crippen LogP contribution in [-0.4, -0.2) is 26.1 Å². The first-order valence-corrected chi connectivity index (χ1v) is 6.85. The van der Waals surface area contributed by atoms with Crippen molar-refractivity contribution in [3.8, 4) is 5.69 Å². The fraction of sp³-hybridized carbons (Fsp3) is 0.0769. The highest BCUT2D eigenvalue weighted by Gasteiger charge is 2.05. The Kier molecular flexibility index (Phi) is 3.51. The maximum absolute atomic E-state index is 11.9. The van der Waals surface area contributed by atoms with Gasteiger partial charge in [0.2, 0.25) is 5.91 Å². The van der Waals surface area contributed by atoms with Crippen molar-refractivity contribution in [2.75, 3.05) is 5.32 Å². The third kappa shape index (κ3) is 2.89. The van der Waals surface area contributed by atoms with Gasteiger partial charge in [0.1, 0.15) is 6.33 Å². The standard InChI is InChI=1S/C13H11N5OS/c19-13(8-12-2-1-7-20-12)15-10-3-5-11(6-4-10)18-9-14-16-17-18/h1-7,9H,8H2,(H,15,19). The lowest BCUT2D eigenvalue weighted by atomic mass is 10.2. The number of tetrazole rings is 1. The SMILES string of the molecule is O=C(Cc1cccs1)Nc1ccc(-n2cnnn2)cc1. The molecule has 2 heterocycles. The Morgan fingerprint density at radius 1 is 1.25 bits per heavy atom. The number of carbonyl (C=O) groups is 1. The number of hydrogen-bond acceptors (Lipinski definition) is 5. The monoisotopic (exact) mass is 285 g/mol. The molecule has 1 N–H and O–H groups in total. The summed E-state index contributed by atoms with van der Waals surface area (Å²) in [4.78, 5) is 12.9. The third-order valence-corrected chi connectivity index (χ3v) is 3.56. The summed E-state index contributed by atoms with van der Waals surface area (Å²) in [5.41, 5.74) is 1.59. The van der Waals surface area contributed by atoms with E-state index >= 15 is 0 Å². The van der Waals surface area contributed by atoms with Crippen LogP contribution in [0.1, 0.15) is 4.88 Å². The van der Waals surface area contributed by atoms with E-state index in [9.17, 15) is 4.79 Å². The number of hydrogen-bond donors (Lipinski definition) is 1. The van der Waals surface area contributed by atoms with Crippen LogP contribution < -0.4 is 5.32 Å². The van der Waals surface area contributed by atoms with Crippen LogP contribution in [-0.2, 0) is 11.2 Å². The van der Waals surface area contributed by atoms with E-state index in [2.05, 4.69) is 20.8 Å². The van der Waals surface area contributed by atoms with Crippen LogP contribution in [0.5, 0.6) is 0 Å². The van der Waals surface area contributed by atoms with Crippen LogP contribution in [0.15, 0.2) is 48.1 Å². The van der Waals surface area contributed by atoms with E-state index < -0.39 is 0 Å². The molecule has 0 saturated carbocycles. The molecular weight excluding hydrogens is 274 g/mol. The van der Waals surface area contributed by atoms with Gasteiger partial charge < -0.3 is 5.32 Å². The number of benzene rings is 1. The summed E-state index contributed by atoms with van der Waals surface area (Å²) in [5, 5.41) is 15.8. The molecule has 0 aliphatic heterocycles. The Morgan fingerprint density at radius 2 is 2.10 bits per heavy atom. The molecule has 0 aliphatic carbocycles. The number of nitrogens with one attached hydrogen (secondary N) is 1. The zero-order chi connectivity index (χ0) is 13.8. The van der Waals surface area contributed by atoms with Crippen molar-refractivity contribution in [3.63, 3.8) is 0 Å². The molecule has 0 bridgehead atoms. The lowest BCUT2D eigenvalue weighted by molar-refractivity contribution is -0.115. The molecule has 2 aromatic heterocycles. The lowest BCUT2D eigenvalue weighted by Gasteiger charge is -2.05. The quantitative estimate of drug-likeness (QED) is 0.794. The van der Waals surface area contributed by atoms with Crippen molar-refractivity contribution in [2.24, 2.45) is 0 Å². The zero-order valence-electron chi connectivity index (χ0n) is 10.4. The molecular formula is C13H11N5OS. The number of anilines is 1. The number of rotatable bonds is 4. The Morgan fingerprint density at radius 3 is 2.75 bits per heavy atom. The van der Waals surface area contributed by atoms with Crippen molar-refractivity contribution in [1.29, 1.82) is 0 Å². The molecule has 20 heavy (non-hydrogen) atoms. The molecule has 1 amide bonds. The first kappa shape index (κ1) is 12.5. The summed E-state index contributed by atoms with van der Waals surface area (Å²) in [6.45, 7) is 0. The fourth-order valence-electron chi connectivity index (χ4n) is 1.75. The van der Waals surface area contributed by atoms with Crippen LogP contribution in [0.25, 0.3) is 5.69 Å². The minimum absolute atomic E-state index is 0.0253. The molecule has 0 atom stereocenters. The number of amides is 1. The van der Waals surface area contributed by atoms with Gasteiger partial charge in [-0.15, -0.1) is 16.4 Å². The van der Waals surface area contributed by atoms with E-state index in [1.807, 2.05) is 41.8 Å². The molecule has 6 nitrogen and oxygen atoms in total. The van der Waals surface area contributed by atoms with Crippen LogP contribution in [0.4, 0.5) is 5.69 Å². The number of carbonyl (C=O) groups excluding carboxylic acids is 1. The summed E-state index contributed by atoms with van der Waals surface area (Å²) < 4.78 is 1.55. The van der Waals surface area contributed by atoms with E-state index in [1.165, 1.54) is 6.33 Å². The molecule has 0 saturated heterocycles. The fourth-order valence-corrected chi connectivity index (χ4v) is 2.46. The van der Waals surface area contributed by atoms with Gasteiger partial charge in [0.15, 0.2) is 0 Å². The van der Waals surface area contributed by atoms with E-state index in [1.54, 1.807) is 16.0 Å². The Hall–Kier alpha value is -2.54. The first-order valence-electron chi connectivity index (χ1n) is 5.97. The Labute approximate surface area is 119 Å². The van der Waals surface area contributed by atoms with Crippen molar-refractivity contribution >= 4 is 22.9 Å². The highest BCUT2D eigenvalue weighted by molar-refractivity contribution is 7.10. The smallest absolute Gasteiger partial charge is 0.229 e. The van der Waals surface area contributed by atoms with Gasteiger partial charge >= 0.3 is 0 Å². The van der Waals surface area contributed by atoms with E-state index in [0.717, 1.165) is 16.3 Å². The zero-order valence-corrected chi connectivity index (χ0v) is 11.2. The number of thiophene rings is 1. The van der Waals surface area contributed by atoms with Crippen LogP contribution in [0.3, 0.4) is 0 Å². The lowest BCUT2D eigenvalue weighted by Crippen LogP contribution is -2.13. The summed E-state index contributed by atoms with van der Waals surface area (Å²) in [5.74, 6) is -0.0253.